The number of hydrogen-bond acceptors (Lipinski definition) is 2. The van der Waals surface area contributed by atoms with Gasteiger partial charge in [-0.1, -0.05) is 43.0 Å². The van der Waals surface area contributed by atoms with Crippen LogP contribution in [0.3, 0.4) is 0 Å². The number of hydrogen-bond donors (Lipinski definition) is 1. The maximum atomic E-state index is 5.72. The molecule has 0 spiro atoms. The first-order chi connectivity index (χ1) is 5.74. The third kappa shape index (κ3) is 4.91. The van der Waals surface area contributed by atoms with Gasteiger partial charge in [-0.15, -0.1) is 0 Å². The van der Waals surface area contributed by atoms with Crippen LogP contribution >= 0.6 is 11.6 Å². The van der Waals surface area contributed by atoms with Crippen LogP contribution in [0.2, 0.25) is 0 Å². The van der Waals surface area contributed by atoms with E-state index in [1.807, 2.05) is 0 Å². The fraction of sp³-hybridized carbons (Fsp3) is 0.111. The van der Waals surface area contributed by atoms with E-state index in [1.165, 1.54) is 0 Å². The first-order valence-electron chi connectivity index (χ1n) is 3.37. The molecule has 0 bridgehead atoms. The highest BCUT2D eigenvalue weighted by molar-refractivity contribution is 6.30. The predicted molar refractivity (Wildman–Crippen MR) is 52.6 cm³/mol. The SMILES string of the molecule is C=C/C=C(C=C)/C=C(\Cl)CON. The quantitative estimate of drug-likeness (QED) is 0.527. The summed E-state index contributed by atoms with van der Waals surface area (Å²) in [4.78, 5) is 4.34. The molecule has 3 heteroatoms. The van der Waals surface area contributed by atoms with Crippen LogP contribution in [0.4, 0.5) is 0 Å². The molecular formula is C9H12ClNO. The van der Waals surface area contributed by atoms with E-state index in [-0.39, 0.29) is 6.61 Å². The normalized spacial score (nSPS) is 12.8. The van der Waals surface area contributed by atoms with Crippen LogP contribution in [0.25, 0.3) is 0 Å². The molecule has 2 N–H and O–H groups in total. The average Bonchev–Trinajstić information content (AvgIpc) is 2.04. The van der Waals surface area contributed by atoms with Crippen LogP contribution in [0, 0.1) is 0 Å². The Morgan fingerprint density at radius 1 is 1.50 bits per heavy atom. The summed E-state index contributed by atoms with van der Waals surface area (Å²) in [5.41, 5.74) is 0.868. The van der Waals surface area contributed by atoms with Gasteiger partial charge in [0.25, 0.3) is 0 Å². The van der Waals surface area contributed by atoms with E-state index < -0.39 is 0 Å². The lowest BCUT2D eigenvalue weighted by atomic mass is 10.2. The van der Waals surface area contributed by atoms with E-state index in [2.05, 4.69) is 18.0 Å². The summed E-state index contributed by atoms with van der Waals surface area (Å²) < 4.78 is 0. The Morgan fingerprint density at radius 2 is 2.17 bits per heavy atom. The second kappa shape index (κ2) is 6.85. The molecule has 66 valence electrons. The summed E-state index contributed by atoms with van der Waals surface area (Å²) in [7, 11) is 0. The minimum atomic E-state index is 0.198. The lowest BCUT2D eigenvalue weighted by Crippen LogP contribution is -2.00. The zero-order chi connectivity index (χ0) is 9.40. The molecule has 0 saturated heterocycles. The maximum absolute atomic E-state index is 5.72. The molecule has 0 amide bonds. The van der Waals surface area contributed by atoms with Crippen molar-refractivity contribution in [2.24, 2.45) is 5.90 Å². The Kier molecular flexibility index (Phi) is 6.38. The first kappa shape index (κ1) is 11.2. The highest BCUT2D eigenvalue weighted by atomic mass is 35.5. The molecular weight excluding hydrogens is 174 g/mol. The monoisotopic (exact) mass is 185 g/mol. The second-order valence-electron chi connectivity index (χ2n) is 2.01. The highest BCUT2D eigenvalue weighted by Crippen LogP contribution is 2.07. The molecule has 0 atom stereocenters. The zero-order valence-electron chi connectivity index (χ0n) is 6.79. The van der Waals surface area contributed by atoms with Crippen LogP contribution in [0.1, 0.15) is 0 Å². The fourth-order valence-electron chi connectivity index (χ4n) is 0.613. The molecule has 0 aliphatic heterocycles. The van der Waals surface area contributed by atoms with Gasteiger partial charge >= 0.3 is 0 Å². The van der Waals surface area contributed by atoms with Gasteiger partial charge in [0, 0.05) is 5.03 Å². The van der Waals surface area contributed by atoms with E-state index >= 15 is 0 Å². The minimum Gasteiger partial charge on any atom is -0.299 e. The lowest BCUT2D eigenvalue weighted by Gasteiger charge is -1.96. The van der Waals surface area contributed by atoms with Crippen molar-refractivity contribution in [1.82, 2.24) is 0 Å². The number of allylic oxidation sites excluding steroid dienone is 5. The van der Waals surface area contributed by atoms with E-state index in [4.69, 9.17) is 17.5 Å². The van der Waals surface area contributed by atoms with E-state index in [0.29, 0.717) is 5.03 Å². The zero-order valence-corrected chi connectivity index (χ0v) is 7.55. The Balaban J connectivity index is 4.34. The van der Waals surface area contributed by atoms with E-state index in [1.54, 1.807) is 24.3 Å². The van der Waals surface area contributed by atoms with Crippen LogP contribution in [0.15, 0.2) is 48.1 Å². The molecule has 0 unspecified atom stereocenters. The third-order valence-corrected chi connectivity index (χ3v) is 1.31. The summed E-state index contributed by atoms with van der Waals surface area (Å²) in [6.45, 7) is 7.35. The number of rotatable bonds is 5. The molecule has 0 fully saturated rings. The average molecular weight is 186 g/mol. The van der Waals surface area contributed by atoms with Crippen molar-refractivity contribution in [2.75, 3.05) is 6.61 Å². The summed E-state index contributed by atoms with van der Waals surface area (Å²) in [5, 5.41) is 0.519. The number of halogens is 1. The molecule has 0 heterocycles. The van der Waals surface area contributed by atoms with Crippen molar-refractivity contribution in [3.05, 3.63) is 48.1 Å². The minimum absolute atomic E-state index is 0.198. The molecule has 0 saturated carbocycles. The van der Waals surface area contributed by atoms with Crippen molar-refractivity contribution in [2.45, 2.75) is 0 Å². The smallest absolute Gasteiger partial charge is 0.104 e. The van der Waals surface area contributed by atoms with Crippen molar-refractivity contribution in [3.8, 4) is 0 Å². The summed E-state index contributed by atoms with van der Waals surface area (Å²) in [6.07, 6.45) is 6.82. The summed E-state index contributed by atoms with van der Waals surface area (Å²) in [6, 6.07) is 0. The largest absolute Gasteiger partial charge is 0.299 e. The van der Waals surface area contributed by atoms with Gasteiger partial charge in [0.15, 0.2) is 0 Å². The van der Waals surface area contributed by atoms with Crippen LogP contribution < -0.4 is 5.90 Å². The Morgan fingerprint density at radius 3 is 2.58 bits per heavy atom. The van der Waals surface area contributed by atoms with Crippen molar-refractivity contribution < 1.29 is 4.84 Å². The Hall–Kier alpha value is -0.830. The van der Waals surface area contributed by atoms with Gasteiger partial charge in [0.1, 0.15) is 6.61 Å². The topological polar surface area (TPSA) is 35.2 Å². The maximum Gasteiger partial charge on any atom is 0.104 e. The van der Waals surface area contributed by atoms with Gasteiger partial charge in [0.05, 0.1) is 0 Å². The third-order valence-electron chi connectivity index (χ3n) is 1.09. The van der Waals surface area contributed by atoms with Crippen molar-refractivity contribution in [1.29, 1.82) is 0 Å². The van der Waals surface area contributed by atoms with Gasteiger partial charge in [-0.05, 0) is 11.6 Å². The summed E-state index contributed by atoms with van der Waals surface area (Å²) in [5.74, 6) is 4.83. The Labute approximate surface area is 77.6 Å². The Bertz CT molecular complexity index is 219. The lowest BCUT2D eigenvalue weighted by molar-refractivity contribution is 0.165. The van der Waals surface area contributed by atoms with Crippen molar-refractivity contribution in [3.63, 3.8) is 0 Å². The van der Waals surface area contributed by atoms with Gasteiger partial charge in [-0.3, -0.25) is 4.84 Å². The molecule has 0 radical (unpaired) electrons. The van der Waals surface area contributed by atoms with Crippen LogP contribution in [0.5, 0.6) is 0 Å². The molecule has 0 aliphatic carbocycles. The number of nitrogens with two attached hydrogens (primary N) is 1. The van der Waals surface area contributed by atoms with Gasteiger partial charge < -0.3 is 0 Å². The molecule has 0 aromatic carbocycles. The standard InChI is InChI=1S/C9H12ClNO/c1-3-5-8(4-2)6-9(10)7-12-11/h3-6H,1-2,7,11H2/b8-5+,9-6-. The molecule has 0 aromatic heterocycles. The van der Waals surface area contributed by atoms with Gasteiger partial charge in [-0.25, -0.2) is 5.90 Å². The van der Waals surface area contributed by atoms with Gasteiger partial charge in [0.2, 0.25) is 0 Å². The summed E-state index contributed by atoms with van der Waals surface area (Å²) >= 11 is 5.72. The van der Waals surface area contributed by atoms with Crippen LogP contribution in [-0.2, 0) is 4.84 Å². The molecule has 12 heavy (non-hydrogen) atoms. The molecule has 0 aliphatic rings. The molecule has 0 aromatic rings. The fourth-order valence-corrected chi connectivity index (χ4v) is 0.802. The van der Waals surface area contributed by atoms with Crippen molar-refractivity contribution >= 4 is 11.6 Å². The van der Waals surface area contributed by atoms with E-state index in [0.717, 1.165) is 5.57 Å². The molecule has 2 nitrogen and oxygen atoms in total. The first-order valence-corrected chi connectivity index (χ1v) is 3.75. The van der Waals surface area contributed by atoms with Gasteiger partial charge in [-0.2, -0.15) is 0 Å². The van der Waals surface area contributed by atoms with Crippen LogP contribution in [-0.4, -0.2) is 6.61 Å². The predicted octanol–water partition coefficient (Wildman–Crippen LogP) is 2.30. The second-order valence-corrected chi connectivity index (χ2v) is 2.49. The highest BCUT2D eigenvalue weighted by Gasteiger charge is 1.91. The van der Waals surface area contributed by atoms with E-state index in [9.17, 15) is 0 Å². The molecule has 0 rings (SSSR count).